The molecule has 0 aliphatic heterocycles. The van der Waals surface area contributed by atoms with Crippen LogP contribution in [-0.2, 0) is 20.5 Å². The standard InChI is InChI=1S/C20H22N4O3/c1-5-8-13-11-21-17-15(19(26)24(4)20(27)23(17)3)16(13)22-18(25)14-10-7-6-9-12(14)2/h6-7,9-11H,5,8H2,1-4H3,(H,21,22,25). The Hall–Kier alpha value is -3.22. The third-order valence-corrected chi connectivity index (χ3v) is 4.70. The zero-order chi connectivity index (χ0) is 19.7. The molecule has 0 aliphatic rings. The first kappa shape index (κ1) is 18.6. The molecule has 0 saturated heterocycles. The summed E-state index contributed by atoms with van der Waals surface area (Å²) in [4.78, 5) is 42.2. The van der Waals surface area contributed by atoms with Crippen LogP contribution in [0.5, 0.6) is 0 Å². The predicted octanol–water partition coefficient (Wildman–Crippen LogP) is 2.15. The van der Waals surface area contributed by atoms with Gasteiger partial charge in [-0.05, 0) is 30.5 Å². The number of amides is 1. The van der Waals surface area contributed by atoms with Gasteiger partial charge in [-0.3, -0.25) is 18.7 Å². The van der Waals surface area contributed by atoms with Crippen LogP contribution in [0.1, 0.15) is 34.8 Å². The SMILES string of the molecule is CCCc1cnc2c(c1NC(=O)c1ccccc1C)c(=O)n(C)c(=O)n2C. The quantitative estimate of drug-likeness (QED) is 0.767. The molecule has 0 fully saturated rings. The van der Waals surface area contributed by atoms with Gasteiger partial charge in [0.15, 0.2) is 5.65 Å². The lowest BCUT2D eigenvalue weighted by Crippen LogP contribution is -2.38. The van der Waals surface area contributed by atoms with Gasteiger partial charge < -0.3 is 5.32 Å². The van der Waals surface area contributed by atoms with Crippen LogP contribution in [0, 0.1) is 6.92 Å². The van der Waals surface area contributed by atoms with Gasteiger partial charge in [0.05, 0.1) is 5.69 Å². The molecule has 0 spiro atoms. The Morgan fingerprint density at radius 3 is 2.52 bits per heavy atom. The highest BCUT2D eigenvalue weighted by molar-refractivity contribution is 6.09. The van der Waals surface area contributed by atoms with Crippen molar-refractivity contribution in [2.75, 3.05) is 5.32 Å². The summed E-state index contributed by atoms with van der Waals surface area (Å²) >= 11 is 0. The Morgan fingerprint density at radius 1 is 1.15 bits per heavy atom. The number of carbonyl (C=O) groups excluding carboxylic acids is 1. The van der Waals surface area contributed by atoms with Crippen molar-refractivity contribution in [3.63, 3.8) is 0 Å². The number of anilines is 1. The van der Waals surface area contributed by atoms with Crippen molar-refractivity contribution in [2.24, 2.45) is 14.1 Å². The highest BCUT2D eigenvalue weighted by atomic mass is 16.2. The van der Waals surface area contributed by atoms with Crippen LogP contribution in [0.2, 0.25) is 0 Å². The summed E-state index contributed by atoms with van der Waals surface area (Å²) in [6.45, 7) is 3.87. The van der Waals surface area contributed by atoms with Crippen LogP contribution in [-0.4, -0.2) is 20.0 Å². The van der Waals surface area contributed by atoms with Crippen molar-refractivity contribution in [2.45, 2.75) is 26.7 Å². The fourth-order valence-corrected chi connectivity index (χ4v) is 3.18. The van der Waals surface area contributed by atoms with Gasteiger partial charge in [-0.1, -0.05) is 31.5 Å². The Balaban J connectivity index is 2.28. The van der Waals surface area contributed by atoms with E-state index in [1.807, 2.05) is 26.0 Å². The molecule has 7 nitrogen and oxygen atoms in total. The third kappa shape index (κ3) is 3.16. The molecule has 1 N–H and O–H groups in total. The Bertz CT molecular complexity index is 1160. The second-order valence-corrected chi connectivity index (χ2v) is 6.58. The maximum absolute atomic E-state index is 12.9. The van der Waals surface area contributed by atoms with E-state index in [2.05, 4.69) is 10.3 Å². The molecular weight excluding hydrogens is 344 g/mol. The molecule has 0 bridgehead atoms. The van der Waals surface area contributed by atoms with Crippen molar-refractivity contribution < 1.29 is 4.79 Å². The summed E-state index contributed by atoms with van der Waals surface area (Å²) in [5, 5.41) is 3.15. The Morgan fingerprint density at radius 2 is 1.85 bits per heavy atom. The first-order valence-electron chi connectivity index (χ1n) is 8.81. The molecule has 3 aromatic rings. The molecule has 3 rings (SSSR count). The van der Waals surface area contributed by atoms with Gasteiger partial charge in [0, 0.05) is 25.9 Å². The molecule has 1 amide bonds. The number of hydrogen-bond donors (Lipinski definition) is 1. The topological polar surface area (TPSA) is 86.0 Å². The van der Waals surface area contributed by atoms with Gasteiger partial charge in [0.1, 0.15) is 5.39 Å². The first-order chi connectivity index (χ1) is 12.9. The van der Waals surface area contributed by atoms with E-state index in [9.17, 15) is 14.4 Å². The number of aromatic nitrogens is 3. The molecule has 0 saturated carbocycles. The van der Waals surface area contributed by atoms with E-state index >= 15 is 0 Å². The van der Waals surface area contributed by atoms with Crippen LogP contribution in [0.4, 0.5) is 5.69 Å². The highest BCUT2D eigenvalue weighted by Crippen LogP contribution is 2.25. The van der Waals surface area contributed by atoms with E-state index in [1.165, 1.54) is 11.6 Å². The van der Waals surface area contributed by atoms with E-state index < -0.39 is 11.2 Å². The minimum absolute atomic E-state index is 0.243. The smallest absolute Gasteiger partial charge is 0.321 e. The number of rotatable bonds is 4. The molecule has 27 heavy (non-hydrogen) atoms. The summed E-state index contributed by atoms with van der Waals surface area (Å²) < 4.78 is 2.35. The van der Waals surface area contributed by atoms with E-state index in [-0.39, 0.29) is 16.9 Å². The van der Waals surface area contributed by atoms with Crippen LogP contribution < -0.4 is 16.6 Å². The molecule has 0 unspecified atom stereocenters. The zero-order valence-corrected chi connectivity index (χ0v) is 15.9. The molecule has 0 atom stereocenters. The van der Waals surface area contributed by atoms with Gasteiger partial charge in [0.2, 0.25) is 0 Å². The van der Waals surface area contributed by atoms with Gasteiger partial charge >= 0.3 is 5.69 Å². The van der Waals surface area contributed by atoms with Crippen LogP contribution >= 0.6 is 0 Å². The first-order valence-corrected chi connectivity index (χ1v) is 8.81. The fourth-order valence-electron chi connectivity index (χ4n) is 3.18. The predicted molar refractivity (Wildman–Crippen MR) is 105 cm³/mol. The molecule has 7 heteroatoms. The molecule has 0 radical (unpaired) electrons. The molecule has 1 aromatic carbocycles. The lowest BCUT2D eigenvalue weighted by atomic mass is 10.1. The summed E-state index contributed by atoms with van der Waals surface area (Å²) in [6, 6.07) is 7.25. The lowest BCUT2D eigenvalue weighted by molar-refractivity contribution is 0.102. The number of nitrogens with one attached hydrogen (secondary N) is 1. The lowest BCUT2D eigenvalue weighted by Gasteiger charge is -2.16. The van der Waals surface area contributed by atoms with Gasteiger partial charge in [-0.2, -0.15) is 0 Å². The number of carbonyl (C=O) groups is 1. The highest BCUT2D eigenvalue weighted by Gasteiger charge is 2.19. The summed E-state index contributed by atoms with van der Waals surface area (Å²) in [5.74, 6) is -0.297. The summed E-state index contributed by atoms with van der Waals surface area (Å²) in [5.41, 5.74) is 1.88. The number of benzene rings is 1. The van der Waals surface area contributed by atoms with E-state index in [0.29, 0.717) is 17.7 Å². The second-order valence-electron chi connectivity index (χ2n) is 6.58. The zero-order valence-electron chi connectivity index (χ0n) is 15.9. The Labute approximate surface area is 156 Å². The largest absolute Gasteiger partial charge is 0.332 e. The number of hydrogen-bond acceptors (Lipinski definition) is 4. The minimum Gasteiger partial charge on any atom is -0.321 e. The number of fused-ring (bicyclic) bond motifs is 1. The van der Waals surface area contributed by atoms with Gasteiger partial charge in [0.25, 0.3) is 11.5 Å². The second kappa shape index (κ2) is 7.19. The average molecular weight is 366 g/mol. The molecule has 2 aromatic heterocycles. The molecule has 2 heterocycles. The Kier molecular flexibility index (Phi) is 4.94. The van der Waals surface area contributed by atoms with Crippen LogP contribution in [0.3, 0.4) is 0 Å². The van der Waals surface area contributed by atoms with Crippen molar-refractivity contribution >= 4 is 22.6 Å². The fraction of sp³-hybridized carbons (Fsp3) is 0.300. The summed E-state index contributed by atoms with van der Waals surface area (Å²) in [7, 11) is 2.98. The van der Waals surface area contributed by atoms with Crippen molar-refractivity contribution in [3.8, 4) is 0 Å². The minimum atomic E-state index is -0.473. The van der Waals surface area contributed by atoms with E-state index in [0.717, 1.165) is 22.1 Å². The normalized spacial score (nSPS) is 11.0. The summed E-state index contributed by atoms with van der Waals surface area (Å²) in [6.07, 6.45) is 3.10. The number of aryl methyl sites for hydroxylation is 3. The van der Waals surface area contributed by atoms with Crippen LogP contribution in [0.25, 0.3) is 11.0 Å². The van der Waals surface area contributed by atoms with Crippen LogP contribution in [0.15, 0.2) is 40.1 Å². The molecular formula is C20H22N4O3. The van der Waals surface area contributed by atoms with Gasteiger partial charge in [-0.25, -0.2) is 9.78 Å². The number of pyridine rings is 1. The third-order valence-electron chi connectivity index (χ3n) is 4.70. The van der Waals surface area contributed by atoms with Crippen molar-refractivity contribution in [3.05, 3.63) is 68.0 Å². The van der Waals surface area contributed by atoms with Crippen molar-refractivity contribution in [1.29, 1.82) is 0 Å². The molecule has 140 valence electrons. The molecule has 0 aliphatic carbocycles. The monoisotopic (exact) mass is 366 g/mol. The van der Waals surface area contributed by atoms with Gasteiger partial charge in [-0.15, -0.1) is 0 Å². The average Bonchev–Trinajstić information content (AvgIpc) is 2.66. The maximum Gasteiger partial charge on any atom is 0.332 e. The maximum atomic E-state index is 12.9. The van der Waals surface area contributed by atoms with E-state index in [1.54, 1.807) is 25.4 Å². The van der Waals surface area contributed by atoms with Crippen molar-refractivity contribution in [1.82, 2.24) is 14.1 Å². The van der Waals surface area contributed by atoms with E-state index in [4.69, 9.17) is 0 Å². The number of nitrogens with zero attached hydrogens (tertiary/aromatic N) is 3.